The molecule has 1 nitrogen and oxygen atoms in total. The number of rotatable bonds is 0. The quantitative estimate of drug-likeness (QED) is 0.470. The molecule has 0 radical (unpaired) electrons. The second-order valence-electron chi connectivity index (χ2n) is 2.42. The Hall–Kier alpha value is -0.300. The SMILES string of the molecule is C=C1CCCCC1O. The van der Waals surface area contributed by atoms with E-state index in [1.165, 1.54) is 12.8 Å². The lowest BCUT2D eigenvalue weighted by Crippen LogP contribution is -2.13. The first-order valence-corrected chi connectivity index (χ1v) is 3.16. The maximum atomic E-state index is 9.08. The number of hydrogen-bond donors (Lipinski definition) is 1. The molecule has 1 fully saturated rings. The van der Waals surface area contributed by atoms with E-state index >= 15 is 0 Å². The Morgan fingerprint density at radius 3 is 2.62 bits per heavy atom. The fourth-order valence-corrected chi connectivity index (χ4v) is 1.06. The van der Waals surface area contributed by atoms with E-state index in [2.05, 4.69) is 6.58 Å². The predicted octanol–water partition coefficient (Wildman–Crippen LogP) is 1.48. The lowest BCUT2D eigenvalue weighted by atomic mass is 9.94. The summed E-state index contributed by atoms with van der Waals surface area (Å²) >= 11 is 0. The molecule has 0 bridgehead atoms. The molecule has 1 atom stereocenters. The lowest BCUT2D eigenvalue weighted by molar-refractivity contribution is 0.179. The Balaban J connectivity index is 2.39. The molecule has 0 spiro atoms. The highest BCUT2D eigenvalue weighted by Gasteiger charge is 2.12. The largest absolute Gasteiger partial charge is 0.389 e. The molecule has 1 N–H and O–H groups in total. The Bertz CT molecular complexity index is 96.6. The van der Waals surface area contributed by atoms with Gasteiger partial charge in [0.1, 0.15) is 0 Å². The topological polar surface area (TPSA) is 20.2 Å². The van der Waals surface area contributed by atoms with Crippen molar-refractivity contribution >= 4 is 0 Å². The Morgan fingerprint density at radius 1 is 1.50 bits per heavy atom. The molecule has 0 aromatic carbocycles. The van der Waals surface area contributed by atoms with Crippen LogP contribution >= 0.6 is 0 Å². The van der Waals surface area contributed by atoms with Crippen LogP contribution in [0.2, 0.25) is 0 Å². The lowest BCUT2D eigenvalue weighted by Gasteiger charge is -2.18. The van der Waals surface area contributed by atoms with Crippen LogP contribution in [0.3, 0.4) is 0 Å². The molecule has 0 heterocycles. The van der Waals surface area contributed by atoms with Crippen LogP contribution in [0.15, 0.2) is 12.2 Å². The molecular formula is C7H12O. The van der Waals surface area contributed by atoms with Gasteiger partial charge in [-0.25, -0.2) is 0 Å². The van der Waals surface area contributed by atoms with E-state index in [-0.39, 0.29) is 6.10 Å². The smallest absolute Gasteiger partial charge is 0.0747 e. The highest BCUT2D eigenvalue weighted by molar-refractivity contribution is 5.03. The van der Waals surface area contributed by atoms with Gasteiger partial charge in [0, 0.05) is 0 Å². The van der Waals surface area contributed by atoms with Gasteiger partial charge in [0.2, 0.25) is 0 Å². The van der Waals surface area contributed by atoms with Crippen LogP contribution in [-0.4, -0.2) is 11.2 Å². The van der Waals surface area contributed by atoms with Gasteiger partial charge in [-0.15, -0.1) is 0 Å². The van der Waals surface area contributed by atoms with E-state index in [9.17, 15) is 0 Å². The molecule has 46 valence electrons. The molecule has 1 unspecified atom stereocenters. The van der Waals surface area contributed by atoms with Crippen LogP contribution in [0.4, 0.5) is 0 Å². The maximum Gasteiger partial charge on any atom is 0.0747 e. The van der Waals surface area contributed by atoms with Crippen LogP contribution in [0.25, 0.3) is 0 Å². The van der Waals surface area contributed by atoms with Crippen molar-refractivity contribution in [3.05, 3.63) is 12.2 Å². The second-order valence-corrected chi connectivity index (χ2v) is 2.42. The van der Waals surface area contributed by atoms with Crippen LogP contribution < -0.4 is 0 Å². The highest BCUT2D eigenvalue weighted by Crippen LogP contribution is 2.21. The predicted molar refractivity (Wildman–Crippen MR) is 33.6 cm³/mol. The molecule has 1 rings (SSSR count). The molecule has 0 aliphatic heterocycles. The first-order chi connectivity index (χ1) is 3.80. The van der Waals surface area contributed by atoms with Crippen LogP contribution in [0, 0.1) is 0 Å². The Labute approximate surface area is 50.0 Å². The molecule has 0 aromatic heterocycles. The zero-order chi connectivity index (χ0) is 5.98. The maximum absolute atomic E-state index is 9.08. The summed E-state index contributed by atoms with van der Waals surface area (Å²) in [5.74, 6) is 0. The summed E-state index contributed by atoms with van der Waals surface area (Å²) in [6.07, 6.45) is 4.15. The van der Waals surface area contributed by atoms with Gasteiger partial charge in [-0.3, -0.25) is 0 Å². The molecule has 0 aromatic rings. The van der Waals surface area contributed by atoms with Crippen molar-refractivity contribution in [3.63, 3.8) is 0 Å². The van der Waals surface area contributed by atoms with Gasteiger partial charge in [0.25, 0.3) is 0 Å². The van der Waals surface area contributed by atoms with Crippen molar-refractivity contribution in [1.82, 2.24) is 0 Å². The summed E-state index contributed by atoms with van der Waals surface area (Å²) < 4.78 is 0. The van der Waals surface area contributed by atoms with Crippen LogP contribution in [-0.2, 0) is 0 Å². The molecule has 1 heteroatoms. The van der Waals surface area contributed by atoms with Gasteiger partial charge >= 0.3 is 0 Å². The van der Waals surface area contributed by atoms with E-state index in [0.29, 0.717) is 0 Å². The number of hydrogen-bond acceptors (Lipinski definition) is 1. The zero-order valence-corrected chi connectivity index (χ0v) is 5.06. The third kappa shape index (κ3) is 1.10. The fourth-order valence-electron chi connectivity index (χ4n) is 1.06. The highest BCUT2D eigenvalue weighted by atomic mass is 16.3. The summed E-state index contributed by atoms with van der Waals surface area (Å²) in [7, 11) is 0. The minimum Gasteiger partial charge on any atom is -0.389 e. The molecule has 1 aliphatic carbocycles. The Kier molecular flexibility index (Phi) is 1.69. The van der Waals surface area contributed by atoms with E-state index in [1.54, 1.807) is 0 Å². The normalized spacial score (nSPS) is 30.6. The van der Waals surface area contributed by atoms with E-state index in [0.717, 1.165) is 18.4 Å². The third-order valence-electron chi connectivity index (χ3n) is 1.70. The summed E-state index contributed by atoms with van der Waals surface area (Å²) in [5, 5.41) is 9.08. The van der Waals surface area contributed by atoms with Crippen LogP contribution in [0.1, 0.15) is 25.7 Å². The summed E-state index contributed by atoms with van der Waals surface area (Å²) in [5.41, 5.74) is 1.02. The standard InChI is InChI=1S/C7H12O/c1-6-4-2-3-5-7(6)8/h7-8H,1-5H2. The molecule has 0 saturated heterocycles. The minimum atomic E-state index is -0.191. The molecule has 1 aliphatic rings. The monoisotopic (exact) mass is 112 g/mol. The van der Waals surface area contributed by atoms with E-state index < -0.39 is 0 Å². The average Bonchev–Trinajstić information content (AvgIpc) is 1.77. The summed E-state index contributed by atoms with van der Waals surface area (Å²) in [6, 6.07) is 0. The average molecular weight is 112 g/mol. The van der Waals surface area contributed by atoms with Gasteiger partial charge in [0.05, 0.1) is 6.10 Å². The minimum absolute atomic E-state index is 0.191. The number of aliphatic hydroxyl groups excluding tert-OH is 1. The molecule has 1 saturated carbocycles. The first kappa shape index (κ1) is 5.83. The van der Waals surface area contributed by atoms with Gasteiger partial charge in [-0.1, -0.05) is 13.0 Å². The second kappa shape index (κ2) is 2.31. The summed E-state index contributed by atoms with van der Waals surface area (Å²) in [4.78, 5) is 0. The van der Waals surface area contributed by atoms with Crippen molar-refractivity contribution in [3.8, 4) is 0 Å². The van der Waals surface area contributed by atoms with Gasteiger partial charge < -0.3 is 5.11 Å². The van der Waals surface area contributed by atoms with Crippen LogP contribution in [0.5, 0.6) is 0 Å². The van der Waals surface area contributed by atoms with Gasteiger partial charge in [-0.05, 0) is 24.8 Å². The van der Waals surface area contributed by atoms with Gasteiger partial charge in [-0.2, -0.15) is 0 Å². The molecule has 8 heavy (non-hydrogen) atoms. The zero-order valence-electron chi connectivity index (χ0n) is 5.06. The van der Waals surface area contributed by atoms with E-state index in [4.69, 9.17) is 5.11 Å². The van der Waals surface area contributed by atoms with Crippen molar-refractivity contribution in [2.75, 3.05) is 0 Å². The molecule has 0 amide bonds. The van der Waals surface area contributed by atoms with Gasteiger partial charge in [0.15, 0.2) is 0 Å². The van der Waals surface area contributed by atoms with Crippen molar-refractivity contribution in [2.45, 2.75) is 31.8 Å². The van der Waals surface area contributed by atoms with Crippen molar-refractivity contribution < 1.29 is 5.11 Å². The first-order valence-electron chi connectivity index (χ1n) is 3.16. The fraction of sp³-hybridized carbons (Fsp3) is 0.714. The Morgan fingerprint density at radius 2 is 2.25 bits per heavy atom. The number of aliphatic hydroxyl groups is 1. The van der Waals surface area contributed by atoms with Crippen molar-refractivity contribution in [2.24, 2.45) is 0 Å². The third-order valence-corrected chi connectivity index (χ3v) is 1.70. The van der Waals surface area contributed by atoms with Crippen molar-refractivity contribution in [1.29, 1.82) is 0 Å². The molecular weight excluding hydrogens is 100 g/mol. The summed E-state index contributed by atoms with van der Waals surface area (Å²) in [6.45, 7) is 3.75. The van der Waals surface area contributed by atoms with E-state index in [1.807, 2.05) is 0 Å².